The third-order valence-corrected chi connectivity index (χ3v) is 3.02. The first-order valence-electron chi connectivity index (χ1n) is 7.42. The molecule has 0 aliphatic heterocycles. The average Bonchev–Trinajstić information content (AvgIpc) is 2.47. The van der Waals surface area contributed by atoms with E-state index in [-0.39, 0.29) is 36.6 Å². The summed E-state index contributed by atoms with van der Waals surface area (Å²) in [5, 5.41) is 5.30. The fraction of sp³-hybridized carbons (Fsp3) is 0.467. The lowest BCUT2D eigenvalue weighted by atomic mass is 10.2. The van der Waals surface area contributed by atoms with Gasteiger partial charge in [0.1, 0.15) is 0 Å². The topological polar surface area (TPSA) is 88.7 Å². The number of ether oxygens (including phenoxy) is 1. The van der Waals surface area contributed by atoms with Gasteiger partial charge in [-0.25, -0.2) is 0 Å². The zero-order valence-corrected chi connectivity index (χ0v) is 13.5. The summed E-state index contributed by atoms with van der Waals surface area (Å²) in [5.74, 6) is -0.691. The third kappa shape index (κ3) is 7.70. The first kappa shape index (κ1) is 19.6. The molecule has 4 N–H and O–H groups in total. The number of rotatable bonds is 7. The molecule has 1 aromatic rings. The number of anilines is 1. The van der Waals surface area contributed by atoms with Gasteiger partial charge in [0.2, 0.25) is 5.91 Å². The predicted molar refractivity (Wildman–Crippen MR) is 85.7 cm³/mol. The van der Waals surface area contributed by atoms with E-state index in [9.17, 15) is 18.0 Å². The summed E-state index contributed by atoms with van der Waals surface area (Å²) in [6.07, 6.45) is -3.86. The number of halogens is 3. The van der Waals surface area contributed by atoms with Crippen LogP contribution in [0.2, 0.25) is 0 Å². The van der Waals surface area contributed by atoms with Crippen LogP contribution in [0.3, 0.4) is 0 Å². The van der Waals surface area contributed by atoms with Crippen molar-refractivity contribution >= 4 is 17.6 Å². The molecule has 0 aliphatic rings. The van der Waals surface area contributed by atoms with Crippen molar-refractivity contribution in [1.82, 2.24) is 5.32 Å². The Hall–Kier alpha value is -2.45. The molecule has 1 unspecified atom stereocenters. The van der Waals surface area contributed by atoms with E-state index in [0.717, 1.165) is 12.5 Å². The summed E-state index contributed by atoms with van der Waals surface area (Å²) < 4.78 is 40.9. The molecule has 0 aliphatic carbocycles. The van der Waals surface area contributed by atoms with Gasteiger partial charge in [-0.1, -0.05) is 19.1 Å². The summed E-state index contributed by atoms with van der Waals surface area (Å²) >= 11 is 0. The lowest BCUT2D eigenvalue weighted by Gasteiger charge is -2.14. The quantitative estimate of drug-likeness (QED) is 0.523. The molecule has 1 atom stereocenters. The van der Waals surface area contributed by atoms with Gasteiger partial charge in [0.15, 0.2) is 11.7 Å². The minimum Gasteiger partial charge on any atom is -0.404 e. The molecule has 0 fully saturated rings. The van der Waals surface area contributed by atoms with Crippen LogP contribution in [-0.4, -0.2) is 30.8 Å². The summed E-state index contributed by atoms with van der Waals surface area (Å²) in [6, 6.07) is 5.53. The Kier molecular flexibility index (Phi) is 7.34. The summed E-state index contributed by atoms with van der Waals surface area (Å²) in [6.45, 7) is 3.95. The highest BCUT2D eigenvalue weighted by Crippen LogP contribution is 2.29. The number of hydrogen-bond donors (Lipinski definition) is 3. The Labute approximate surface area is 138 Å². The Morgan fingerprint density at radius 1 is 1.38 bits per heavy atom. The summed E-state index contributed by atoms with van der Waals surface area (Å²) in [7, 11) is 0. The molecule has 6 nitrogen and oxygen atoms in total. The number of hydrogen-bond acceptors (Lipinski definition) is 3. The molecular weight excluding hydrogens is 325 g/mol. The van der Waals surface area contributed by atoms with Gasteiger partial charge in [0, 0.05) is 12.5 Å². The van der Waals surface area contributed by atoms with E-state index in [1.807, 2.05) is 13.8 Å². The number of carbonyl (C=O) groups is 1. The maximum atomic E-state index is 12.3. The number of nitrogens with two attached hydrogens (primary N) is 1. The largest absolute Gasteiger partial charge is 0.573 e. The lowest BCUT2D eigenvalue weighted by Crippen LogP contribution is -2.32. The maximum Gasteiger partial charge on any atom is 0.573 e. The van der Waals surface area contributed by atoms with Crippen molar-refractivity contribution in [1.29, 1.82) is 0 Å². The van der Waals surface area contributed by atoms with E-state index in [1.54, 1.807) is 0 Å². The molecule has 1 amide bonds. The number of alkyl halides is 3. The molecule has 0 saturated heterocycles. The fourth-order valence-electron chi connectivity index (χ4n) is 1.69. The van der Waals surface area contributed by atoms with E-state index in [1.165, 1.54) is 18.2 Å². The van der Waals surface area contributed by atoms with Crippen LogP contribution in [-0.2, 0) is 4.79 Å². The zero-order chi connectivity index (χ0) is 18.2. The second-order valence-electron chi connectivity index (χ2n) is 5.06. The van der Waals surface area contributed by atoms with Crippen molar-refractivity contribution in [3.05, 3.63) is 24.3 Å². The van der Waals surface area contributed by atoms with Crippen LogP contribution in [0.1, 0.15) is 26.7 Å². The van der Waals surface area contributed by atoms with Crippen molar-refractivity contribution in [2.75, 3.05) is 11.9 Å². The van der Waals surface area contributed by atoms with Crippen LogP contribution in [0.25, 0.3) is 0 Å². The highest BCUT2D eigenvalue weighted by atomic mass is 19.4. The van der Waals surface area contributed by atoms with E-state index in [2.05, 4.69) is 20.4 Å². The monoisotopic (exact) mass is 346 g/mol. The maximum absolute atomic E-state index is 12.3. The SMILES string of the molecule is CCC(C)NC(=O)CCN=C(N)Nc1ccccc1OC(F)(F)F. The molecule has 0 spiro atoms. The molecule has 134 valence electrons. The average molecular weight is 346 g/mol. The van der Waals surface area contributed by atoms with Crippen LogP contribution < -0.4 is 21.1 Å². The second kappa shape index (κ2) is 8.99. The van der Waals surface area contributed by atoms with E-state index in [0.29, 0.717) is 0 Å². The smallest absolute Gasteiger partial charge is 0.404 e. The molecule has 0 radical (unpaired) electrons. The Morgan fingerprint density at radius 3 is 2.67 bits per heavy atom. The minimum atomic E-state index is -4.81. The van der Waals surface area contributed by atoms with Gasteiger partial charge >= 0.3 is 6.36 Å². The summed E-state index contributed by atoms with van der Waals surface area (Å²) in [4.78, 5) is 15.5. The van der Waals surface area contributed by atoms with Crippen molar-refractivity contribution in [3.8, 4) is 5.75 Å². The number of aliphatic imine (C=N–C) groups is 1. The molecule has 0 aromatic heterocycles. The Morgan fingerprint density at radius 2 is 2.04 bits per heavy atom. The molecule has 1 rings (SSSR count). The van der Waals surface area contributed by atoms with Gasteiger partial charge in [0.25, 0.3) is 0 Å². The van der Waals surface area contributed by atoms with E-state index < -0.39 is 12.1 Å². The molecule has 0 heterocycles. The molecule has 0 saturated carbocycles. The molecule has 1 aromatic carbocycles. The normalized spacial score (nSPS) is 13.3. The van der Waals surface area contributed by atoms with Gasteiger partial charge in [-0.05, 0) is 25.5 Å². The van der Waals surface area contributed by atoms with Crippen molar-refractivity contribution in [2.45, 2.75) is 39.1 Å². The first-order valence-corrected chi connectivity index (χ1v) is 7.42. The molecular formula is C15H21F3N4O2. The molecule has 0 bridgehead atoms. The fourth-order valence-corrected chi connectivity index (χ4v) is 1.69. The molecule has 24 heavy (non-hydrogen) atoms. The van der Waals surface area contributed by atoms with Crippen molar-refractivity contribution in [2.24, 2.45) is 10.7 Å². The van der Waals surface area contributed by atoms with Crippen molar-refractivity contribution in [3.63, 3.8) is 0 Å². The van der Waals surface area contributed by atoms with Crippen molar-refractivity contribution < 1.29 is 22.7 Å². The number of amides is 1. The van der Waals surface area contributed by atoms with Crippen LogP contribution in [0.4, 0.5) is 18.9 Å². The highest BCUT2D eigenvalue weighted by molar-refractivity contribution is 5.93. The lowest BCUT2D eigenvalue weighted by molar-refractivity contribution is -0.274. The standard InChI is InChI=1S/C15H21F3N4O2/c1-3-10(2)21-13(23)8-9-20-14(19)22-11-6-4-5-7-12(11)24-15(16,17)18/h4-7,10H,3,8-9H2,1-2H3,(H,21,23)(H3,19,20,22). The van der Waals surface area contributed by atoms with Gasteiger partial charge in [-0.2, -0.15) is 0 Å². The zero-order valence-electron chi connectivity index (χ0n) is 13.5. The summed E-state index contributed by atoms with van der Waals surface area (Å²) in [5.41, 5.74) is 5.65. The van der Waals surface area contributed by atoms with Gasteiger partial charge < -0.3 is 21.1 Å². The van der Waals surface area contributed by atoms with E-state index >= 15 is 0 Å². The number of benzene rings is 1. The first-order chi connectivity index (χ1) is 11.2. The Bertz CT molecular complexity index is 576. The second-order valence-corrected chi connectivity index (χ2v) is 5.06. The molecule has 9 heteroatoms. The number of carbonyl (C=O) groups excluding carboxylic acids is 1. The minimum absolute atomic E-state index is 0.0279. The van der Waals surface area contributed by atoms with Crippen LogP contribution in [0, 0.1) is 0 Å². The van der Waals surface area contributed by atoms with Gasteiger partial charge in [0.05, 0.1) is 12.2 Å². The predicted octanol–water partition coefficient (Wildman–Crippen LogP) is 2.62. The van der Waals surface area contributed by atoms with Gasteiger partial charge in [-0.15, -0.1) is 13.2 Å². The van der Waals surface area contributed by atoms with Crippen LogP contribution in [0.5, 0.6) is 5.75 Å². The van der Waals surface area contributed by atoms with E-state index in [4.69, 9.17) is 5.73 Å². The number of nitrogens with one attached hydrogen (secondary N) is 2. The number of para-hydroxylation sites is 2. The Balaban J connectivity index is 2.58. The third-order valence-electron chi connectivity index (χ3n) is 3.02. The number of guanidine groups is 1. The van der Waals surface area contributed by atoms with Crippen LogP contribution in [0.15, 0.2) is 29.3 Å². The number of nitrogens with zero attached hydrogens (tertiary/aromatic N) is 1. The van der Waals surface area contributed by atoms with Crippen LogP contribution >= 0.6 is 0 Å². The van der Waals surface area contributed by atoms with Gasteiger partial charge in [-0.3, -0.25) is 9.79 Å². The highest BCUT2D eigenvalue weighted by Gasteiger charge is 2.32.